The first-order valence-corrected chi connectivity index (χ1v) is 10.9. The molecule has 7 heteroatoms. The molecule has 2 rings (SSSR count). The highest BCUT2D eigenvalue weighted by Gasteiger charge is 2.52. The average molecular weight is 456 g/mol. The normalized spacial score (nSPS) is 28.0. The molecule has 1 saturated carbocycles. The van der Waals surface area contributed by atoms with E-state index in [1.54, 1.807) is 20.8 Å². The largest absolute Gasteiger partial charge is 0.479 e. The van der Waals surface area contributed by atoms with Crippen molar-refractivity contribution in [1.82, 2.24) is 0 Å². The van der Waals surface area contributed by atoms with E-state index < -0.39 is 23.4 Å². The summed E-state index contributed by atoms with van der Waals surface area (Å²) < 4.78 is 10.9. The van der Waals surface area contributed by atoms with E-state index in [1.807, 2.05) is 24.3 Å². The van der Waals surface area contributed by atoms with Crippen molar-refractivity contribution in [3.8, 4) is 0 Å². The van der Waals surface area contributed by atoms with Gasteiger partial charge in [-0.05, 0) is 51.2 Å². The molecule has 0 amide bonds. The summed E-state index contributed by atoms with van der Waals surface area (Å²) in [6.45, 7) is 5.86. The third-order valence-corrected chi connectivity index (χ3v) is 5.81. The Morgan fingerprint density at radius 1 is 1.25 bits per heavy atom. The van der Waals surface area contributed by atoms with Gasteiger partial charge >= 0.3 is 5.97 Å². The van der Waals surface area contributed by atoms with E-state index in [4.69, 9.17) is 9.47 Å². The van der Waals surface area contributed by atoms with Gasteiger partial charge in [-0.25, -0.2) is 0 Å². The summed E-state index contributed by atoms with van der Waals surface area (Å²) in [6.07, 6.45) is 1.77. The van der Waals surface area contributed by atoms with Gasteiger partial charge in [0.2, 0.25) is 5.90 Å². The monoisotopic (exact) mass is 455 g/mol. The number of carbonyl (C=O) groups excluding carboxylic acids is 1. The van der Waals surface area contributed by atoms with Gasteiger partial charge in [-0.15, -0.1) is 0 Å². The van der Waals surface area contributed by atoms with E-state index in [0.29, 0.717) is 26.1 Å². The van der Waals surface area contributed by atoms with Crippen LogP contribution in [-0.2, 0) is 20.7 Å². The summed E-state index contributed by atoms with van der Waals surface area (Å²) in [4.78, 5) is 12.7. The molecule has 0 bridgehead atoms. The molecule has 2 N–H and O–H groups in total. The summed E-state index contributed by atoms with van der Waals surface area (Å²) in [5, 5.41) is 24.9. The molecule has 0 spiro atoms. The molecule has 4 atom stereocenters. The maximum atomic E-state index is 12.7. The van der Waals surface area contributed by atoms with Crippen LogP contribution in [0.1, 0.15) is 50.7 Å². The lowest BCUT2D eigenvalue weighted by atomic mass is 9.62. The van der Waals surface area contributed by atoms with Crippen LogP contribution in [0.5, 0.6) is 0 Å². The van der Waals surface area contributed by atoms with Gasteiger partial charge in [-0.3, -0.25) is 4.79 Å². The number of aliphatic hydroxyl groups is 1. The second-order valence-corrected chi connectivity index (χ2v) is 8.10. The number of nitrogens with zero attached hydrogens (tertiary/aromatic N) is 1. The Bertz CT molecular complexity index is 674. The Kier molecular flexibility index (Phi) is 8.31. The van der Waals surface area contributed by atoms with Crippen LogP contribution in [0, 0.1) is 11.8 Å². The molecule has 1 aromatic rings. The number of rotatable bonds is 7. The van der Waals surface area contributed by atoms with E-state index >= 15 is 0 Å². The number of aryl methyl sites for hydroxylation is 1. The molecule has 0 aromatic heterocycles. The van der Waals surface area contributed by atoms with Gasteiger partial charge < -0.3 is 19.8 Å². The van der Waals surface area contributed by atoms with Crippen molar-refractivity contribution < 1.29 is 24.6 Å². The minimum Gasteiger partial charge on any atom is -0.479 e. The van der Waals surface area contributed by atoms with Gasteiger partial charge in [0, 0.05) is 11.2 Å². The first kappa shape index (κ1) is 22.7. The summed E-state index contributed by atoms with van der Waals surface area (Å²) >= 11 is 3.44. The third kappa shape index (κ3) is 5.06. The maximum Gasteiger partial charge on any atom is 0.309 e. The second-order valence-electron chi connectivity index (χ2n) is 7.31. The fraction of sp³-hybridized carbons (Fsp3) is 0.619. The molecule has 28 heavy (non-hydrogen) atoms. The Hall–Kier alpha value is -1.60. The van der Waals surface area contributed by atoms with Crippen LogP contribution >= 0.6 is 15.9 Å². The molecule has 6 nitrogen and oxygen atoms in total. The Morgan fingerprint density at radius 3 is 2.43 bits per heavy atom. The molecule has 0 radical (unpaired) electrons. The number of esters is 1. The predicted octanol–water partition coefficient (Wildman–Crippen LogP) is 3.87. The maximum absolute atomic E-state index is 12.7. The number of hydrogen-bond donors (Lipinski definition) is 2. The fourth-order valence-corrected chi connectivity index (χ4v) is 4.56. The summed E-state index contributed by atoms with van der Waals surface area (Å²) in [6, 6.07) is 8.00. The van der Waals surface area contributed by atoms with Crippen LogP contribution in [0.25, 0.3) is 0 Å². The molecule has 156 valence electrons. The first-order chi connectivity index (χ1) is 13.4. The zero-order chi connectivity index (χ0) is 20.7. The molecule has 1 aliphatic rings. The van der Waals surface area contributed by atoms with Crippen LogP contribution in [-0.4, -0.2) is 46.3 Å². The zero-order valence-electron chi connectivity index (χ0n) is 16.7. The lowest BCUT2D eigenvalue weighted by Gasteiger charge is -2.45. The highest BCUT2D eigenvalue weighted by Crippen LogP contribution is 2.48. The standard InChI is InChI=1S/C21H30BrNO5/c1-4-27-19(23-26)18-17(15-8-6-14(7-9-15)11-13-22)16(20(24)28-5-2)10-12-21(18,3)25/h6-9,16-18,25-26H,4-5,10-13H2,1-3H3. The van der Waals surface area contributed by atoms with Crippen molar-refractivity contribution in [1.29, 1.82) is 0 Å². The van der Waals surface area contributed by atoms with Gasteiger partial charge in [0.1, 0.15) is 0 Å². The SMILES string of the molecule is CCOC(=O)C1CCC(C)(O)C(C(=NO)OCC)C1c1ccc(CCBr)cc1. The van der Waals surface area contributed by atoms with Crippen molar-refractivity contribution in [2.45, 2.75) is 51.6 Å². The van der Waals surface area contributed by atoms with Crippen molar-refractivity contribution in [2.75, 3.05) is 18.5 Å². The number of alkyl halides is 1. The number of ether oxygens (including phenoxy) is 2. The lowest BCUT2D eigenvalue weighted by Crippen LogP contribution is -2.51. The van der Waals surface area contributed by atoms with E-state index in [-0.39, 0.29) is 11.9 Å². The minimum atomic E-state index is -1.18. The summed E-state index contributed by atoms with van der Waals surface area (Å²) in [5.41, 5.74) is 0.884. The fourth-order valence-electron chi connectivity index (χ4n) is 4.10. The number of hydrogen-bond acceptors (Lipinski definition) is 6. The van der Waals surface area contributed by atoms with E-state index in [2.05, 4.69) is 21.1 Å². The number of carbonyl (C=O) groups is 1. The van der Waals surface area contributed by atoms with Crippen molar-refractivity contribution >= 4 is 27.8 Å². The van der Waals surface area contributed by atoms with Crippen molar-refractivity contribution in [3.05, 3.63) is 35.4 Å². The Labute approximate surface area is 175 Å². The van der Waals surface area contributed by atoms with Gasteiger partial charge in [-0.2, -0.15) is 0 Å². The quantitative estimate of drug-likeness (QED) is 0.162. The van der Waals surface area contributed by atoms with Crippen molar-refractivity contribution in [2.24, 2.45) is 17.0 Å². The first-order valence-electron chi connectivity index (χ1n) is 9.78. The molecular formula is C21H30BrNO5. The molecule has 1 aliphatic carbocycles. The van der Waals surface area contributed by atoms with E-state index in [9.17, 15) is 15.1 Å². The predicted molar refractivity (Wildman–Crippen MR) is 111 cm³/mol. The molecule has 1 fully saturated rings. The smallest absolute Gasteiger partial charge is 0.309 e. The average Bonchev–Trinajstić information content (AvgIpc) is 2.67. The Balaban J connectivity index is 2.53. The third-order valence-electron chi connectivity index (χ3n) is 5.42. The Morgan fingerprint density at radius 2 is 1.89 bits per heavy atom. The molecule has 4 unspecified atom stereocenters. The van der Waals surface area contributed by atoms with Crippen molar-refractivity contribution in [3.63, 3.8) is 0 Å². The molecule has 0 heterocycles. The van der Waals surface area contributed by atoms with Crippen LogP contribution in [0.4, 0.5) is 0 Å². The molecule has 0 saturated heterocycles. The summed E-state index contributed by atoms with van der Waals surface area (Å²) in [5.74, 6) is -1.78. The van der Waals surface area contributed by atoms with E-state index in [1.165, 1.54) is 5.56 Å². The highest BCUT2D eigenvalue weighted by atomic mass is 79.9. The summed E-state index contributed by atoms with van der Waals surface area (Å²) in [7, 11) is 0. The van der Waals surface area contributed by atoms with E-state index in [0.717, 1.165) is 17.3 Å². The zero-order valence-corrected chi connectivity index (χ0v) is 18.3. The van der Waals surface area contributed by atoms with Crippen LogP contribution < -0.4 is 0 Å². The number of benzene rings is 1. The van der Waals surface area contributed by atoms with Gasteiger partial charge in [-0.1, -0.05) is 45.4 Å². The van der Waals surface area contributed by atoms with Gasteiger partial charge in [0.05, 0.1) is 30.7 Å². The lowest BCUT2D eigenvalue weighted by molar-refractivity contribution is -0.153. The number of oxime groups is 1. The molecular weight excluding hydrogens is 426 g/mol. The minimum absolute atomic E-state index is 0.0519. The van der Waals surface area contributed by atoms with Gasteiger partial charge in [0.25, 0.3) is 0 Å². The number of halogens is 1. The molecule has 0 aliphatic heterocycles. The highest BCUT2D eigenvalue weighted by molar-refractivity contribution is 9.09. The van der Waals surface area contributed by atoms with Crippen LogP contribution in [0.2, 0.25) is 0 Å². The van der Waals surface area contributed by atoms with Crippen LogP contribution in [0.15, 0.2) is 29.4 Å². The molecule has 1 aromatic carbocycles. The second kappa shape index (κ2) is 10.3. The van der Waals surface area contributed by atoms with Crippen LogP contribution in [0.3, 0.4) is 0 Å². The van der Waals surface area contributed by atoms with Gasteiger partial charge in [0.15, 0.2) is 0 Å². The topological polar surface area (TPSA) is 88.4 Å².